The summed E-state index contributed by atoms with van der Waals surface area (Å²) in [6.07, 6.45) is 0. The standard InChI is InChI=1S/C22H26Cl2N6O3/c1-33-17-5-2-15(3-6-17)13-29-20(27-11-10-26-9-8-25)28-21(31)30(22(29)32)14-16-4-7-18(23)19(24)12-16/h2-7,12,26H,8-11,13-14,25H2,1H3,(H,27,28,31). The van der Waals surface area contributed by atoms with Crippen LogP contribution in [0.2, 0.25) is 10.0 Å². The SMILES string of the molecule is COc1ccc(Cn2c(NCCNCCN)nc(=O)n(Cc3ccc(Cl)c(Cl)c3)c2=O)cc1. The molecule has 3 aromatic rings. The first kappa shape index (κ1) is 24.8. The molecule has 0 aliphatic carbocycles. The van der Waals surface area contributed by atoms with Gasteiger partial charge in [0.05, 0.1) is 30.2 Å². The number of methoxy groups -OCH3 is 1. The monoisotopic (exact) mass is 492 g/mol. The fourth-order valence-corrected chi connectivity index (χ4v) is 3.49. The molecule has 0 spiro atoms. The minimum Gasteiger partial charge on any atom is -0.497 e. The van der Waals surface area contributed by atoms with Crippen LogP contribution in [0.4, 0.5) is 5.95 Å². The molecule has 11 heteroatoms. The maximum atomic E-state index is 13.4. The minimum absolute atomic E-state index is 0.0164. The number of nitrogens with one attached hydrogen (secondary N) is 2. The highest BCUT2D eigenvalue weighted by atomic mass is 35.5. The van der Waals surface area contributed by atoms with Crippen LogP contribution in [0.25, 0.3) is 0 Å². The maximum absolute atomic E-state index is 13.4. The van der Waals surface area contributed by atoms with Crippen molar-refractivity contribution in [3.05, 3.63) is 84.6 Å². The van der Waals surface area contributed by atoms with Crippen molar-refractivity contribution in [1.29, 1.82) is 0 Å². The Bertz CT molecular complexity index is 1190. The topological polar surface area (TPSA) is 116 Å². The highest BCUT2D eigenvalue weighted by Gasteiger charge is 2.14. The third kappa shape index (κ3) is 6.58. The molecule has 0 radical (unpaired) electrons. The van der Waals surface area contributed by atoms with Crippen LogP contribution in [-0.4, -0.2) is 47.4 Å². The molecule has 0 amide bonds. The summed E-state index contributed by atoms with van der Waals surface area (Å²) in [6.45, 7) is 2.48. The van der Waals surface area contributed by atoms with Crippen molar-refractivity contribution in [1.82, 2.24) is 19.4 Å². The van der Waals surface area contributed by atoms with Crippen molar-refractivity contribution in [3.63, 3.8) is 0 Å². The van der Waals surface area contributed by atoms with Gasteiger partial charge < -0.3 is 21.1 Å². The lowest BCUT2D eigenvalue weighted by molar-refractivity contribution is 0.414. The molecule has 3 rings (SSSR count). The average molecular weight is 493 g/mol. The number of rotatable bonds is 11. The number of halogens is 2. The second-order valence-corrected chi connectivity index (χ2v) is 8.05. The third-order valence-corrected chi connectivity index (χ3v) is 5.62. The van der Waals surface area contributed by atoms with E-state index in [2.05, 4.69) is 15.6 Å². The molecule has 0 saturated carbocycles. The second-order valence-electron chi connectivity index (χ2n) is 7.23. The molecule has 0 aliphatic rings. The second kappa shape index (κ2) is 11.9. The zero-order valence-corrected chi connectivity index (χ0v) is 19.7. The van der Waals surface area contributed by atoms with E-state index in [0.29, 0.717) is 47.5 Å². The Morgan fingerprint density at radius 1 is 0.939 bits per heavy atom. The Labute approximate surface area is 201 Å². The number of nitrogens with two attached hydrogens (primary N) is 1. The molecule has 9 nitrogen and oxygen atoms in total. The van der Waals surface area contributed by atoms with Crippen molar-refractivity contribution in [2.45, 2.75) is 13.1 Å². The van der Waals surface area contributed by atoms with Crippen LogP contribution < -0.4 is 32.5 Å². The predicted octanol–water partition coefficient (Wildman–Crippen LogP) is 1.78. The first-order chi connectivity index (χ1) is 15.9. The number of nitrogens with zero attached hydrogens (tertiary/aromatic N) is 3. The molecule has 0 atom stereocenters. The lowest BCUT2D eigenvalue weighted by atomic mass is 10.2. The number of benzene rings is 2. The van der Waals surface area contributed by atoms with E-state index in [1.807, 2.05) is 24.3 Å². The van der Waals surface area contributed by atoms with E-state index < -0.39 is 11.4 Å². The Kier molecular flexibility index (Phi) is 8.90. The Morgan fingerprint density at radius 2 is 1.64 bits per heavy atom. The van der Waals surface area contributed by atoms with E-state index in [1.54, 1.807) is 25.3 Å². The summed E-state index contributed by atoms with van der Waals surface area (Å²) in [4.78, 5) is 30.2. The van der Waals surface area contributed by atoms with Crippen LogP contribution >= 0.6 is 23.2 Å². The molecule has 0 aliphatic heterocycles. The van der Waals surface area contributed by atoms with Crippen molar-refractivity contribution in [2.75, 3.05) is 38.6 Å². The van der Waals surface area contributed by atoms with Gasteiger partial charge in [0.1, 0.15) is 5.75 Å². The molecule has 0 bridgehead atoms. The third-order valence-electron chi connectivity index (χ3n) is 4.88. The highest BCUT2D eigenvalue weighted by molar-refractivity contribution is 6.42. The summed E-state index contributed by atoms with van der Waals surface area (Å²) in [6, 6.07) is 12.3. The normalized spacial score (nSPS) is 10.9. The van der Waals surface area contributed by atoms with Gasteiger partial charge in [0.15, 0.2) is 0 Å². The molecular weight excluding hydrogens is 467 g/mol. The summed E-state index contributed by atoms with van der Waals surface area (Å²) in [7, 11) is 1.59. The molecule has 4 N–H and O–H groups in total. The first-order valence-electron chi connectivity index (χ1n) is 10.4. The lowest BCUT2D eigenvalue weighted by Gasteiger charge is -2.16. The van der Waals surface area contributed by atoms with Crippen molar-refractivity contribution >= 4 is 29.2 Å². The summed E-state index contributed by atoms with van der Waals surface area (Å²) in [5.74, 6) is 0.902. The van der Waals surface area contributed by atoms with E-state index >= 15 is 0 Å². The zero-order valence-electron chi connectivity index (χ0n) is 18.2. The fourth-order valence-electron chi connectivity index (χ4n) is 3.17. The Balaban J connectivity index is 1.95. The minimum atomic E-state index is -0.658. The smallest absolute Gasteiger partial charge is 0.355 e. The number of anilines is 1. The largest absolute Gasteiger partial charge is 0.497 e. The molecular formula is C22H26Cl2N6O3. The van der Waals surface area contributed by atoms with Crippen LogP contribution in [0.1, 0.15) is 11.1 Å². The van der Waals surface area contributed by atoms with Crippen LogP contribution in [0, 0.1) is 0 Å². The molecule has 1 heterocycles. The van der Waals surface area contributed by atoms with Crippen LogP contribution in [0.15, 0.2) is 52.1 Å². The number of aromatic nitrogens is 3. The van der Waals surface area contributed by atoms with Gasteiger partial charge in [-0.2, -0.15) is 4.98 Å². The molecule has 0 unspecified atom stereocenters. The quantitative estimate of drug-likeness (QED) is 0.349. The van der Waals surface area contributed by atoms with Crippen molar-refractivity contribution < 1.29 is 4.74 Å². The van der Waals surface area contributed by atoms with Gasteiger partial charge in [0.2, 0.25) is 5.95 Å². The number of hydrogen-bond donors (Lipinski definition) is 3. The lowest BCUT2D eigenvalue weighted by Crippen LogP contribution is -2.43. The summed E-state index contributed by atoms with van der Waals surface area (Å²) in [5, 5.41) is 6.96. The van der Waals surface area contributed by atoms with Gasteiger partial charge in [-0.3, -0.25) is 4.57 Å². The van der Waals surface area contributed by atoms with E-state index in [9.17, 15) is 9.59 Å². The van der Waals surface area contributed by atoms with Gasteiger partial charge in [-0.05, 0) is 35.4 Å². The van der Waals surface area contributed by atoms with Crippen LogP contribution in [-0.2, 0) is 13.1 Å². The number of hydrogen-bond acceptors (Lipinski definition) is 7. The van der Waals surface area contributed by atoms with Crippen molar-refractivity contribution in [3.8, 4) is 5.75 Å². The first-order valence-corrected chi connectivity index (χ1v) is 11.1. The van der Waals surface area contributed by atoms with Crippen LogP contribution in [0.5, 0.6) is 5.75 Å². The van der Waals surface area contributed by atoms with E-state index in [0.717, 1.165) is 10.1 Å². The molecule has 0 fully saturated rings. The van der Waals surface area contributed by atoms with Gasteiger partial charge >= 0.3 is 11.4 Å². The summed E-state index contributed by atoms with van der Waals surface area (Å²) >= 11 is 12.1. The molecule has 0 saturated heterocycles. The van der Waals surface area contributed by atoms with E-state index in [-0.39, 0.29) is 19.0 Å². The van der Waals surface area contributed by atoms with Gasteiger partial charge in [0.25, 0.3) is 0 Å². The van der Waals surface area contributed by atoms with E-state index in [1.165, 1.54) is 4.57 Å². The van der Waals surface area contributed by atoms with Gasteiger partial charge in [-0.25, -0.2) is 14.2 Å². The fraction of sp³-hybridized carbons (Fsp3) is 0.318. The molecule has 1 aromatic heterocycles. The average Bonchev–Trinajstić information content (AvgIpc) is 2.81. The van der Waals surface area contributed by atoms with Crippen molar-refractivity contribution in [2.24, 2.45) is 5.73 Å². The maximum Gasteiger partial charge on any atom is 0.355 e. The van der Waals surface area contributed by atoms with Crippen LogP contribution in [0.3, 0.4) is 0 Å². The number of ether oxygens (including phenoxy) is 1. The molecule has 33 heavy (non-hydrogen) atoms. The molecule has 2 aromatic carbocycles. The Hall–Kier alpha value is -2.85. The van der Waals surface area contributed by atoms with E-state index in [4.69, 9.17) is 33.7 Å². The highest BCUT2D eigenvalue weighted by Crippen LogP contribution is 2.22. The summed E-state index contributed by atoms with van der Waals surface area (Å²) in [5.41, 5.74) is 5.84. The predicted molar refractivity (Wildman–Crippen MR) is 131 cm³/mol. The summed E-state index contributed by atoms with van der Waals surface area (Å²) < 4.78 is 7.70. The zero-order chi connectivity index (χ0) is 23.8. The van der Waals surface area contributed by atoms with Gasteiger partial charge in [-0.15, -0.1) is 0 Å². The molecule has 176 valence electrons. The Morgan fingerprint density at radius 3 is 2.30 bits per heavy atom. The van der Waals surface area contributed by atoms with Gasteiger partial charge in [0, 0.05) is 26.2 Å². The van der Waals surface area contributed by atoms with Gasteiger partial charge in [-0.1, -0.05) is 41.4 Å².